The van der Waals surface area contributed by atoms with Crippen LogP contribution in [0.25, 0.3) is 11.5 Å². The summed E-state index contributed by atoms with van der Waals surface area (Å²) in [6, 6.07) is 25.8. The van der Waals surface area contributed by atoms with Crippen LogP contribution in [0, 0.1) is 6.92 Å². The molecule has 0 bridgehead atoms. The van der Waals surface area contributed by atoms with Crippen LogP contribution in [0.1, 0.15) is 28.6 Å². The lowest BCUT2D eigenvalue weighted by Gasteiger charge is -2.17. The van der Waals surface area contributed by atoms with Crippen LogP contribution in [0.4, 0.5) is 4.79 Å². The van der Waals surface area contributed by atoms with Gasteiger partial charge in [-0.15, -0.1) is 0 Å². The Morgan fingerprint density at radius 3 is 2.37 bits per heavy atom. The summed E-state index contributed by atoms with van der Waals surface area (Å²) in [5.41, 5.74) is 3.44. The molecule has 0 aliphatic rings. The van der Waals surface area contributed by atoms with Crippen LogP contribution in [0.3, 0.4) is 0 Å². The largest absolute Gasteiger partial charge is 0.493 e. The van der Waals surface area contributed by atoms with Crippen molar-refractivity contribution in [2.75, 3.05) is 13.2 Å². The van der Waals surface area contributed by atoms with E-state index in [2.05, 4.69) is 10.3 Å². The number of oxazole rings is 1. The molecule has 35 heavy (non-hydrogen) atoms. The summed E-state index contributed by atoms with van der Waals surface area (Å²) in [7, 11) is 0. The molecular weight excluding hydrogens is 444 g/mol. The number of benzene rings is 3. The Kier molecular flexibility index (Phi) is 8.14. The molecular formula is C28H28N2O5. The number of aryl methyl sites for hydroxylation is 1. The van der Waals surface area contributed by atoms with Crippen LogP contribution in [0.15, 0.2) is 89.3 Å². The number of aliphatic hydroxyl groups is 1. The lowest BCUT2D eigenvalue weighted by Crippen LogP contribution is -2.31. The second-order valence-electron chi connectivity index (χ2n) is 8.00. The average molecular weight is 473 g/mol. The van der Waals surface area contributed by atoms with Gasteiger partial charge >= 0.3 is 6.09 Å². The van der Waals surface area contributed by atoms with Crippen molar-refractivity contribution in [1.82, 2.24) is 10.3 Å². The van der Waals surface area contributed by atoms with Crippen molar-refractivity contribution in [3.05, 3.63) is 108 Å². The standard InChI is InChI=1S/C28H28N2O5/c1-20-25(29-27(35-20)23-10-6-3-7-11-23)16-17-33-24-14-12-22(13-15-24)26(18-31)30-28(32)34-19-21-8-4-2-5-9-21/h2-15,26,31H,16-19H2,1H3,(H,30,32)/t26-/m0/s1. The van der Waals surface area contributed by atoms with E-state index >= 15 is 0 Å². The minimum Gasteiger partial charge on any atom is -0.493 e. The normalized spacial score (nSPS) is 11.6. The number of ether oxygens (including phenoxy) is 2. The molecule has 0 aliphatic carbocycles. The van der Waals surface area contributed by atoms with E-state index in [1.54, 1.807) is 12.1 Å². The first-order chi connectivity index (χ1) is 17.1. The number of carbonyl (C=O) groups excluding carboxylic acids is 1. The zero-order chi connectivity index (χ0) is 24.5. The quantitative estimate of drug-likeness (QED) is 0.328. The van der Waals surface area contributed by atoms with E-state index in [0.29, 0.717) is 24.7 Å². The van der Waals surface area contributed by atoms with Gasteiger partial charge in [0.1, 0.15) is 18.1 Å². The van der Waals surface area contributed by atoms with Crippen molar-refractivity contribution in [3.63, 3.8) is 0 Å². The number of aliphatic hydroxyl groups excluding tert-OH is 1. The van der Waals surface area contributed by atoms with Crippen molar-refractivity contribution in [2.24, 2.45) is 0 Å². The molecule has 1 amide bonds. The number of carbonyl (C=O) groups is 1. The lowest BCUT2D eigenvalue weighted by molar-refractivity contribution is 0.129. The molecule has 1 heterocycles. The first-order valence-corrected chi connectivity index (χ1v) is 11.4. The summed E-state index contributed by atoms with van der Waals surface area (Å²) < 4.78 is 16.9. The third kappa shape index (κ3) is 6.71. The number of rotatable bonds is 10. The SMILES string of the molecule is Cc1oc(-c2ccccc2)nc1CCOc1ccc([C@H](CO)NC(=O)OCc2ccccc2)cc1. The molecule has 1 atom stereocenters. The van der Waals surface area contributed by atoms with Gasteiger partial charge in [-0.25, -0.2) is 9.78 Å². The highest BCUT2D eigenvalue weighted by Crippen LogP contribution is 2.22. The molecule has 0 saturated carbocycles. The van der Waals surface area contributed by atoms with Gasteiger partial charge in [-0.05, 0) is 42.3 Å². The summed E-state index contributed by atoms with van der Waals surface area (Å²) in [5.74, 6) is 2.06. The molecule has 7 heteroatoms. The van der Waals surface area contributed by atoms with Gasteiger partial charge in [0.05, 0.1) is 24.9 Å². The zero-order valence-corrected chi connectivity index (χ0v) is 19.5. The zero-order valence-electron chi connectivity index (χ0n) is 19.5. The van der Waals surface area contributed by atoms with E-state index in [0.717, 1.165) is 28.1 Å². The maximum Gasteiger partial charge on any atom is 0.408 e. The van der Waals surface area contributed by atoms with Crippen LogP contribution in [-0.4, -0.2) is 29.4 Å². The highest BCUT2D eigenvalue weighted by molar-refractivity contribution is 5.68. The number of hydrogen-bond donors (Lipinski definition) is 2. The number of alkyl carbamates (subject to hydrolysis) is 1. The van der Waals surface area contributed by atoms with Crippen LogP contribution in [0.2, 0.25) is 0 Å². The maximum absolute atomic E-state index is 12.1. The average Bonchev–Trinajstić information content (AvgIpc) is 3.28. The Morgan fingerprint density at radius 2 is 1.69 bits per heavy atom. The number of amides is 1. The van der Waals surface area contributed by atoms with Crippen LogP contribution in [-0.2, 0) is 17.8 Å². The summed E-state index contributed by atoms with van der Waals surface area (Å²) in [6.45, 7) is 2.25. The summed E-state index contributed by atoms with van der Waals surface area (Å²) in [4.78, 5) is 16.7. The molecule has 0 unspecified atom stereocenters. The second kappa shape index (κ2) is 11.9. The van der Waals surface area contributed by atoms with Gasteiger partial charge in [0.15, 0.2) is 0 Å². The van der Waals surface area contributed by atoms with Crippen molar-refractivity contribution in [1.29, 1.82) is 0 Å². The van der Waals surface area contributed by atoms with E-state index < -0.39 is 12.1 Å². The Balaban J connectivity index is 1.26. The number of aromatic nitrogens is 1. The molecule has 2 N–H and O–H groups in total. The molecule has 0 spiro atoms. The molecule has 1 aromatic heterocycles. The van der Waals surface area contributed by atoms with Crippen molar-refractivity contribution >= 4 is 6.09 Å². The number of nitrogens with one attached hydrogen (secondary N) is 1. The summed E-state index contributed by atoms with van der Waals surface area (Å²) in [6.07, 6.45) is 0.0175. The number of hydrogen-bond acceptors (Lipinski definition) is 6. The third-order valence-corrected chi connectivity index (χ3v) is 5.49. The van der Waals surface area contributed by atoms with Gasteiger partial charge in [-0.2, -0.15) is 0 Å². The van der Waals surface area contributed by atoms with Gasteiger partial charge in [0.25, 0.3) is 0 Å². The van der Waals surface area contributed by atoms with E-state index in [1.807, 2.05) is 79.7 Å². The molecule has 3 aromatic carbocycles. The van der Waals surface area contributed by atoms with Crippen LogP contribution in [0.5, 0.6) is 5.75 Å². The van der Waals surface area contributed by atoms with Crippen LogP contribution >= 0.6 is 0 Å². The van der Waals surface area contributed by atoms with Crippen LogP contribution < -0.4 is 10.1 Å². The third-order valence-electron chi connectivity index (χ3n) is 5.49. The molecule has 4 rings (SSSR count). The predicted molar refractivity (Wildman–Crippen MR) is 132 cm³/mol. The van der Waals surface area contributed by atoms with Gasteiger partial charge in [-0.3, -0.25) is 0 Å². The highest BCUT2D eigenvalue weighted by atomic mass is 16.5. The smallest absolute Gasteiger partial charge is 0.408 e. The Hall–Kier alpha value is -4.10. The van der Waals surface area contributed by atoms with Gasteiger partial charge in [-0.1, -0.05) is 60.7 Å². The van der Waals surface area contributed by atoms with E-state index in [4.69, 9.17) is 13.9 Å². The van der Waals surface area contributed by atoms with Gasteiger partial charge in [0.2, 0.25) is 5.89 Å². The van der Waals surface area contributed by atoms with Crippen molar-refractivity contribution in [3.8, 4) is 17.2 Å². The fourth-order valence-electron chi connectivity index (χ4n) is 3.57. The van der Waals surface area contributed by atoms with E-state index in [1.165, 1.54) is 0 Å². The minimum absolute atomic E-state index is 0.162. The fourth-order valence-corrected chi connectivity index (χ4v) is 3.57. The van der Waals surface area contributed by atoms with Gasteiger partial charge in [0, 0.05) is 12.0 Å². The maximum atomic E-state index is 12.1. The first kappa shape index (κ1) is 24.0. The predicted octanol–water partition coefficient (Wildman–Crippen LogP) is 5.23. The lowest BCUT2D eigenvalue weighted by atomic mass is 10.1. The monoisotopic (exact) mass is 472 g/mol. The van der Waals surface area contributed by atoms with E-state index in [-0.39, 0.29) is 13.2 Å². The highest BCUT2D eigenvalue weighted by Gasteiger charge is 2.15. The molecule has 180 valence electrons. The van der Waals surface area contributed by atoms with Gasteiger partial charge < -0.3 is 24.3 Å². The molecule has 0 saturated heterocycles. The summed E-state index contributed by atoms with van der Waals surface area (Å²) in [5, 5.41) is 12.4. The minimum atomic E-state index is -0.592. The molecule has 0 aliphatic heterocycles. The Bertz CT molecular complexity index is 1210. The van der Waals surface area contributed by atoms with Crippen molar-refractivity contribution in [2.45, 2.75) is 26.0 Å². The second-order valence-corrected chi connectivity index (χ2v) is 8.00. The molecule has 0 radical (unpaired) electrons. The van der Waals surface area contributed by atoms with E-state index in [9.17, 15) is 9.90 Å². The fraction of sp³-hybridized carbons (Fsp3) is 0.214. The molecule has 7 nitrogen and oxygen atoms in total. The Labute approximate surface area is 204 Å². The Morgan fingerprint density at radius 1 is 1.00 bits per heavy atom. The topological polar surface area (TPSA) is 93.8 Å². The number of nitrogens with zero attached hydrogens (tertiary/aromatic N) is 1. The van der Waals surface area contributed by atoms with Crippen molar-refractivity contribution < 1.29 is 23.8 Å². The molecule has 4 aromatic rings. The first-order valence-electron chi connectivity index (χ1n) is 11.4. The summed E-state index contributed by atoms with van der Waals surface area (Å²) >= 11 is 0. The molecule has 0 fully saturated rings.